The highest BCUT2D eigenvalue weighted by molar-refractivity contribution is 9.10. The monoisotopic (exact) mass is 440 g/mol. The summed E-state index contributed by atoms with van der Waals surface area (Å²) in [5.74, 6) is 0.686. The number of halogens is 2. The van der Waals surface area contributed by atoms with Crippen molar-refractivity contribution in [3.05, 3.63) is 63.6 Å². The molecule has 0 saturated heterocycles. The van der Waals surface area contributed by atoms with Crippen LogP contribution in [0.3, 0.4) is 0 Å². The highest BCUT2D eigenvalue weighted by Crippen LogP contribution is 2.21. The first-order chi connectivity index (χ1) is 12.0. The number of thioether (sulfide) groups is 1. The molecule has 0 saturated carbocycles. The van der Waals surface area contributed by atoms with Crippen LogP contribution in [0.2, 0.25) is 5.02 Å². The van der Waals surface area contributed by atoms with E-state index >= 15 is 0 Å². The van der Waals surface area contributed by atoms with Crippen LogP contribution < -0.4 is 5.32 Å². The number of hydrogen-bond donors (Lipinski definition) is 1. The van der Waals surface area contributed by atoms with Crippen LogP contribution in [0.5, 0.6) is 0 Å². The van der Waals surface area contributed by atoms with Crippen LogP contribution in [0, 0.1) is 0 Å². The lowest BCUT2D eigenvalue weighted by Gasteiger charge is -2.17. The molecule has 132 valence electrons. The number of nitrogens with one attached hydrogen (secondary N) is 1. The number of hydrogen-bond acceptors (Lipinski definition) is 3. The SMILES string of the molecule is CN(CC(=O)Nc1ccccc1Br)C(=O)CSCc1cccc(Cl)c1. The number of amides is 2. The van der Waals surface area contributed by atoms with Crippen LogP contribution in [0.4, 0.5) is 5.69 Å². The van der Waals surface area contributed by atoms with Crippen molar-refractivity contribution in [2.75, 3.05) is 24.7 Å². The lowest BCUT2D eigenvalue weighted by molar-refractivity contribution is -0.131. The fourth-order valence-corrected chi connectivity index (χ4v) is 3.56. The average molecular weight is 442 g/mol. The third-order valence-corrected chi connectivity index (χ3v) is 5.25. The number of anilines is 1. The van der Waals surface area contributed by atoms with Gasteiger partial charge in [0.25, 0.3) is 0 Å². The summed E-state index contributed by atoms with van der Waals surface area (Å²) >= 11 is 10.8. The maximum absolute atomic E-state index is 12.1. The molecule has 0 aromatic heterocycles. The third-order valence-electron chi connectivity index (χ3n) is 3.34. The van der Waals surface area contributed by atoms with Crippen molar-refractivity contribution in [2.24, 2.45) is 0 Å². The number of likely N-dealkylation sites (N-methyl/N-ethyl adjacent to an activating group) is 1. The van der Waals surface area contributed by atoms with E-state index < -0.39 is 0 Å². The first kappa shape index (κ1) is 19.8. The summed E-state index contributed by atoms with van der Waals surface area (Å²) in [6.07, 6.45) is 0. The fraction of sp³-hybridized carbons (Fsp3) is 0.222. The summed E-state index contributed by atoms with van der Waals surface area (Å²) < 4.78 is 0.800. The molecule has 2 aromatic rings. The van der Waals surface area contributed by atoms with Crippen molar-refractivity contribution in [2.45, 2.75) is 5.75 Å². The second-order valence-electron chi connectivity index (χ2n) is 5.40. The molecule has 0 heterocycles. The molecule has 2 rings (SSSR count). The van der Waals surface area contributed by atoms with Gasteiger partial charge in [0.05, 0.1) is 18.0 Å². The Hall–Kier alpha value is -1.50. The molecule has 4 nitrogen and oxygen atoms in total. The largest absolute Gasteiger partial charge is 0.336 e. The van der Waals surface area contributed by atoms with Crippen molar-refractivity contribution in [1.82, 2.24) is 4.90 Å². The van der Waals surface area contributed by atoms with Gasteiger partial charge in [0, 0.05) is 22.3 Å². The predicted octanol–water partition coefficient (Wildman–Crippen LogP) is 4.43. The number of rotatable bonds is 7. The molecule has 0 unspecified atom stereocenters. The Bertz CT molecular complexity index is 757. The van der Waals surface area contributed by atoms with Crippen LogP contribution in [-0.2, 0) is 15.3 Å². The molecule has 0 spiro atoms. The first-order valence-electron chi connectivity index (χ1n) is 7.56. The van der Waals surface area contributed by atoms with Crippen molar-refractivity contribution < 1.29 is 9.59 Å². The molecule has 2 amide bonds. The van der Waals surface area contributed by atoms with Crippen LogP contribution in [0.25, 0.3) is 0 Å². The Morgan fingerprint density at radius 1 is 1.20 bits per heavy atom. The van der Waals surface area contributed by atoms with Gasteiger partial charge in [-0.15, -0.1) is 11.8 Å². The van der Waals surface area contributed by atoms with E-state index in [2.05, 4.69) is 21.2 Å². The number of benzene rings is 2. The Morgan fingerprint density at radius 3 is 2.68 bits per heavy atom. The fourth-order valence-electron chi connectivity index (χ4n) is 2.05. The number of para-hydroxylation sites is 1. The minimum atomic E-state index is -0.234. The van der Waals surface area contributed by atoms with Crippen LogP contribution in [0.15, 0.2) is 53.0 Å². The smallest absolute Gasteiger partial charge is 0.244 e. The van der Waals surface area contributed by atoms with Crippen molar-refractivity contribution in [3.8, 4) is 0 Å². The molecule has 0 atom stereocenters. The van der Waals surface area contributed by atoms with E-state index in [4.69, 9.17) is 11.6 Å². The number of carbonyl (C=O) groups is 2. The van der Waals surface area contributed by atoms with Crippen molar-refractivity contribution in [1.29, 1.82) is 0 Å². The molecule has 2 aromatic carbocycles. The molecule has 7 heteroatoms. The Labute approximate surface area is 165 Å². The highest BCUT2D eigenvalue weighted by atomic mass is 79.9. The number of nitrogens with zero attached hydrogens (tertiary/aromatic N) is 1. The van der Waals surface area contributed by atoms with E-state index in [0.29, 0.717) is 22.2 Å². The maximum Gasteiger partial charge on any atom is 0.244 e. The molecular formula is C18H18BrClN2O2S. The molecule has 0 aliphatic heterocycles. The summed E-state index contributed by atoms with van der Waals surface area (Å²) in [6, 6.07) is 14.9. The predicted molar refractivity (Wildman–Crippen MR) is 108 cm³/mol. The second kappa shape index (κ2) is 9.85. The zero-order valence-corrected chi connectivity index (χ0v) is 16.8. The lowest BCUT2D eigenvalue weighted by atomic mass is 10.2. The lowest BCUT2D eigenvalue weighted by Crippen LogP contribution is -2.36. The van der Waals surface area contributed by atoms with Gasteiger partial charge in [-0.2, -0.15) is 0 Å². The molecule has 25 heavy (non-hydrogen) atoms. The number of carbonyl (C=O) groups excluding carboxylic acids is 2. The van der Waals surface area contributed by atoms with Crippen molar-refractivity contribution in [3.63, 3.8) is 0 Å². The minimum Gasteiger partial charge on any atom is -0.336 e. The average Bonchev–Trinajstić information content (AvgIpc) is 2.57. The molecule has 0 fully saturated rings. The molecule has 0 bridgehead atoms. The maximum atomic E-state index is 12.1. The molecule has 0 aliphatic carbocycles. The second-order valence-corrected chi connectivity index (χ2v) is 7.68. The molecule has 0 radical (unpaired) electrons. The van der Waals surface area contributed by atoms with E-state index in [1.165, 1.54) is 16.7 Å². The van der Waals surface area contributed by atoms with Gasteiger partial charge in [0.1, 0.15) is 0 Å². The summed E-state index contributed by atoms with van der Waals surface area (Å²) in [4.78, 5) is 25.6. The van der Waals surface area contributed by atoms with E-state index in [0.717, 1.165) is 10.0 Å². The first-order valence-corrected chi connectivity index (χ1v) is 9.89. The highest BCUT2D eigenvalue weighted by Gasteiger charge is 2.14. The summed E-state index contributed by atoms with van der Waals surface area (Å²) in [5, 5.41) is 3.47. The Morgan fingerprint density at radius 2 is 1.96 bits per heavy atom. The normalized spacial score (nSPS) is 10.4. The standard InChI is InChI=1S/C18H18BrClN2O2S/c1-22(10-17(23)21-16-8-3-2-7-15(16)19)18(24)12-25-11-13-5-4-6-14(20)9-13/h2-9H,10-12H2,1H3,(H,21,23). The quantitative estimate of drug-likeness (QED) is 0.691. The van der Waals surface area contributed by atoms with E-state index in [-0.39, 0.29) is 18.4 Å². The van der Waals surface area contributed by atoms with Gasteiger partial charge >= 0.3 is 0 Å². The third kappa shape index (κ3) is 6.72. The van der Waals surface area contributed by atoms with Crippen LogP contribution in [-0.4, -0.2) is 36.1 Å². The van der Waals surface area contributed by atoms with E-state index in [1.54, 1.807) is 13.1 Å². The molecule has 1 N–H and O–H groups in total. The Kier molecular flexibility index (Phi) is 7.81. The molecule has 0 aliphatic rings. The van der Waals surface area contributed by atoms with E-state index in [9.17, 15) is 9.59 Å². The van der Waals surface area contributed by atoms with Crippen LogP contribution >= 0.6 is 39.3 Å². The molecular weight excluding hydrogens is 424 g/mol. The van der Waals surface area contributed by atoms with Gasteiger partial charge in [0.2, 0.25) is 11.8 Å². The van der Waals surface area contributed by atoms with Gasteiger partial charge < -0.3 is 10.2 Å². The van der Waals surface area contributed by atoms with Gasteiger partial charge in [-0.05, 0) is 45.8 Å². The van der Waals surface area contributed by atoms with Crippen molar-refractivity contribution >= 4 is 56.8 Å². The van der Waals surface area contributed by atoms with Gasteiger partial charge in [-0.3, -0.25) is 9.59 Å². The summed E-state index contributed by atoms with van der Waals surface area (Å²) in [7, 11) is 1.63. The van der Waals surface area contributed by atoms with Gasteiger partial charge in [-0.1, -0.05) is 35.9 Å². The summed E-state index contributed by atoms with van der Waals surface area (Å²) in [5.41, 5.74) is 1.75. The minimum absolute atomic E-state index is 0.0118. The van der Waals surface area contributed by atoms with Gasteiger partial charge in [0.15, 0.2) is 0 Å². The zero-order valence-electron chi connectivity index (χ0n) is 13.7. The van der Waals surface area contributed by atoms with E-state index in [1.807, 2.05) is 42.5 Å². The van der Waals surface area contributed by atoms with Gasteiger partial charge in [-0.25, -0.2) is 0 Å². The topological polar surface area (TPSA) is 49.4 Å². The summed E-state index contributed by atoms with van der Waals surface area (Å²) in [6.45, 7) is 0.0118. The Balaban J connectivity index is 1.76. The van der Waals surface area contributed by atoms with Crippen LogP contribution in [0.1, 0.15) is 5.56 Å². The zero-order chi connectivity index (χ0) is 18.2.